The average Bonchev–Trinajstić information content (AvgIpc) is 2.93. The number of aromatic amines is 1. The largest absolute Gasteiger partial charge is 0.433 e. The van der Waals surface area contributed by atoms with E-state index >= 15 is 0 Å². The van der Waals surface area contributed by atoms with Crippen LogP contribution in [0.2, 0.25) is 0 Å². The van der Waals surface area contributed by atoms with Crippen LogP contribution in [-0.2, 0) is 13.2 Å². The lowest BCUT2D eigenvalue weighted by atomic mass is 10.1. The number of rotatable bonds is 3. The van der Waals surface area contributed by atoms with Gasteiger partial charge >= 0.3 is 6.18 Å². The van der Waals surface area contributed by atoms with Crippen LogP contribution in [-0.4, -0.2) is 25.7 Å². The first kappa shape index (κ1) is 17.6. The third-order valence-corrected chi connectivity index (χ3v) is 3.93. The lowest BCUT2D eigenvalue weighted by Gasteiger charge is -2.15. The second-order valence-corrected chi connectivity index (χ2v) is 5.75. The van der Waals surface area contributed by atoms with Gasteiger partial charge in [-0.1, -0.05) is 6.07 Å². The molecular weight excluding hydrogens is 351 g/mol. The predicted octanol–water partition coefficient (Wildman–Crippen LogP) is 2.17. The molecule has 1 atom stereocenters. The molecule has 2 N–H and O–H groups in total. The fourth-order valence-electron chi connectivity index (χ4n) is 2.46. The number of alkyl halides is 3. The van der Waals surface area contributed by atoms with Gasteiger partial charge in [0.1, 0.15) is 11.3 Å². The Hall–Kier alpha value is -3.17. The molecule has 3 aromatic heterocycles. The van der Waals surface area contributed by atoms with Gasteiger partial charge in [-0.05, 0) is 24.6 Å². The summed E-state index contributed by atoms with van der Waals surface area (Å²) >= 11 is 0. The number of pyridine rings is 2. The molecule has 0 aliphatic heterocycles. The van der Waals surface area contributed by atoms with Crippen LogP contribution in [0, 0.1) is 0 Å². The molecule has 0 radical (unpaired) electrons. The number of hydrogen-bond donors (Lipinski definition) is 2. The summed E-state index contributed by atoms with van der Waals surface area (Å²) in [5, 5.41) is 6.57. The van der Waals surface area contributed by atoms with Gasteiger partial charge in [0.25, 0.3) is 11.5 Å². The summed E-state index contributed by atoms with van der Waals surface area (Å²) in [6.07, 6.45) is -2.02. The van der Waals surface area contributed by atoms with E-state index in [1.807, 2.05) is 0 Å². The molecule has 0 spiro atoms. The Labute approximate surface area is 144 Å². The highest BCUT2D eigenvalue weighted by Crippen LogP contribution is 2.27. The van der Waals surface area contributed by atoms with Gasteiger partial charge in [0, 0.05) is 13.2 Å². The van der Waals surface area contributed by atoms with Gasteiger partial charge in [0.15, 0.2) is 0 Å². The second kappa shape index (κ2) is 6.28. The van der Waals surface area contributed by atoms with Gasteiger partial charge in [-0.2, -0.15) is 18.3 Å². The number of carbonyl (C=O) groups excluding carboxylic acids is 1. The van der Waals surface area contributed by atoms with Crippen LogP contribution >= 0.6 is 0 Å². The van der Waals surface area contributed by atoms with E-state index in [-0.39, 0.29) is 5.56 Å². The van der Waals surface area contributed by atoms with Crippen molar-refractivity contribution < 1.29 is 18.0 Å². The summed E-state index contributed by atoms with van der Waals surface area (Å²) in [7, 11) is 1.67. The van der Waals surface area contributed by atoms with Gasteiger partial charge in [-0.15, -0.1) is 0 Å². The zero-order valence-electron chi connectivity index (χ0n) is 13.8. The fraction of sp³-hybridized carbons (Fsp3) is 0.250. The minimum Gasteiger partial charge on any atom is -0.345 e. The number of hydrogen-bond acceptors (Lipinski definition) is 4. The quantitative estimate of drug-likeness (QED) is 0.744. The molecule has 136 valence electrons. The maximum absolute atomic E-state index is 12.6. The minimum absolute atomic E-state index is 0.118. The van der Waals surface area contributed by atoms with Crippen LogP contribution in [0.15, 0.2) is 35.4 Å². The normalized spacial score (nSPS) is 13.0. The van der Waals surface area contributed by atoms with Crippen molar-refractivity contribution >= 4 is 16.9 Å². The molecule has 3 aromatic rings. The summed E-state index contributed by atoms with van der Waals surface area (Å²) in [5.74, 6) is -0.651. The summed E-state index contributed by atoms with van der Waals surface area (Å²) in [6.45, 7) is 1.58. The Balaban J connectivity index is 1.82. The molecule has 1 amide bonds. The summed E-state index contributed by atoms with van der Waals surface area (Å²) in [6, 6.07) is 2.84. The van der Waals surface area contributed by atoms with E-state index in [0.717, 1.165) is 12.3 Å². The number of fused-ring (bicyclic) bond motifs is 1. The Morgan fingerprint density at radius 3 is 2.65 bits per heavy atom. The molecule has 26 heavy (non-hydrogen) atoms. The number of H-pyrrole nitrogens is 1. The molecule has 0 unspecified atom stereocenters. The van der Waals surface area contributed by atoms with Crippen molar-refractivity contribution in [3.05, 3.63) is 57.8 Å². The smallest absolute Gasteiger partial charge is 0.345 e. The van der Waals surface area contributed by atoms with E-state index in [2.05, 4.69) is 20.4 Å². The molecule has 0 bridgehead atoms. The zero-order chi connectivity index (χ0) is 19.1. The lowest BCUT2D eigenvalue weighted by molar-refractivity contribution is -0.141. The number of nitrogens with one attached hydrogen (secondary N) is 2. The Kier molecular flexibility index (Phi) is 4.26. The average molecular weight is 365 g/mol. The number of amides is 1. The highest BCUT2D eigenvalue weighted by atomic mass is 19.4. The third kappa shape index (κ3) is 3.30. The first-order valence-electron chi connectivity index (χ1n) is 7.56. The van der Waals surface area contributed by atoms with Crippen molar-refractivity contribution in [3.63, 3.8) is 0 Å². The van der Waals surface area contributed by atoms with E-state index in [4.69, 9.17) is 0 Å². The Morgan fingerprint density at radius 1 is 1.31 bits per heavy atom. The fourth-order valence-corrected chi connectivity index (χ4v) is 2.46. The molecule has 7 nitrogen and oxygen atoms in total. The third-order valence-electron chi connectivity index (χ3n) is 3.93. The number of aryl methyl sites for hydroxylation is 1. The number of aromatic nitrogens is 4. The van der Waals surface area contributed by atoms with Crippen molar-refractivity contribution in [3.8, 4) is 0 Å². The van der Waals surface area contributed by atoms with Gasteiger partial charge in [0.2, 0.25) is 0 Å². The molecule has 0 saturated heterocycles. The topological polar surface area (TPSA) is 92.7 Å². The standard InChI is InChI=1S/C16H14F3N5O2/c1-8(9-3-4-13(20-6-9)16(17,18)19)22-14(25)10-5-12-11(23-15(10)26)7-21-24(12)2/h3-8H,1-2H3,(H,22,25)(H,23,26)/t8-/m0/s1. The van der Waals surface area contributed by atoms with Crippen LogP contribution in [0.3, 0.4) is 0 Å². The van der Waals surface area contributed by atoms with Crippen molar-refractivity contribution in [1.82, 2.24) is 25.1 Å². The van der Waals surface area contributed by atoms with E-state index in [9.17, 15) is 22.8 Å². The highest BCUT2D eigenvalue weighted by molar-refractivity contribution is 5.96. The molecule has 0 aliphatic rings. The van der Waals surface area contributed by atoms with Crippen LogP contribution < -0.4 is 10.9 Å². The van der Waals surface area contributed by atoms with Crippen molar-refractivity contribution in [1.29, 1.82) is 0 Å². The Bertz CT molecular complexity index is 1020. The van der Waals surface area contributed by atoms with E-state index < -0.39 is 29.4 Å². The summed E-state index contributed by atoms with van der Waals surface area (Å²) < 4.78 is 39.2. The highest BCUT2D eigenvalue weighted by Gasteiger charge is 2.32. The van der Waals surface area contributed by atoms with E-state index in [1.54, 1.807) is 14.0 Å². The number of carbonyl (C=O) groups is 1. The first-order valence-corrected chi connectivity index (χ1v) is 7.56. The minimum atomic E-state index is -4.53. The summed E-state index contributed by atoms with van der Waals surface area (Å²) in [5.41, 5.74) is -0.275. The van der Waals surface area contributed by atoms with Crippen molar-refractivity contribution in [2.75, 3.05) is 0 Å². The molecule has 3 rings (SSSR count). The molecular formula is C16H14F3N5O2. The van der Waals surface area contributed by atoms with Gasteiger partial charge in [-0.25, -0.2) is 0 Å². The van der Waals surface area contributed by atoms with Crippen LogP contribution in [0.1, 0.15) is 34.6 Å². The predicted molar refractivity (Wildman–Crippen MR) is 86.5 cm³/mol. The van der Waals surface area contributed by atoms with Crippen LogP contribution in [0.25, 0.3) is 11.0 Å². The SMILES string of the molecule is C[C@H](NC(=O)c1cc2c(cnn2C)[nH]c1=O)c1ccc(C(F)(F)F)nc1. The van der Waals surface area contributed by atoms with E-state index in [1.165, 1.54) is 23.0 Å². The van der Waals surface area contributed by atoms with Gasteiger partial charge in [0.05, 0.1) is 23.3 Å². The van der Waals surface area contributed by atoms with Gasteiger partial charge in [-0.3, -0.25) is 19.3 Å². The van der Waals surface area contributed by atoms with E-state index in [0.29, 0.717) is 16.6 Å². The lowest BCUT2D eigenvalue weighted by Crippen LogP contribution is -2.31. The maximum atomic E-state index is 12.6. The van der Waals surface area contributed by atoms with Crippen LogP contribution in [0.4, 0.5) is 13.2 Å². The van der Waals surface area contributed by atoms with Crippen molar-refractivity contribution in [2.45, 2.75) is 19.1 Å². The second-order valence-electron chi connectivity index (χ2n) is 5.75. The Morgan fingerprint density at radius 2 is 2.04 bits per heavy atom. The molecule has 10 heteroatoms. The molecule has 0 fully saturated rings. The maximum Gasteiger partial charge on any atom is 0.433 e. The summed E-state index contributed by atoms with van der Waals surface area (Å²) in [4.78, 5) is 30.4. The number of nitrogens with zero attached hydrogens (tertiary/aromatic N) is 3. The first-order chi connectivity index (χ1) is 12.2. The molecule has 0 aromatic carbocycles. The number of halogens is 3. The van der Waals surface area contributed by atoms with Crippen molar-refractivity contribution in [2.24, 2.45) is 7.05 Å². The molecule has 0 saturated carbocycles. The van der Waals surface area contributed by atoms with Crippen LogP contribution in [0.5, 0.6) is 0 Å². The zero-order valence-corrected chi connectivity index (χ0v) is 13.8. The molecule has 3 heterocycles. The molecule has 0 aliphatic carbocycles. The monoisotopic (exact) mass is 365 g/mol. The van der Waals surface area contributed by atoms with Gasteiger partial charge < -0.3 is 10.3 Å².